The molecule has 0 atom stereocenters. The second-order valence-corrected chi connectivity index (χ2v) is 3.84. The SMILES string of the molecule is ClCCc1ccccc1-c1ccccc1. The minimum atomic E-state index is 0.670. The molecule has 2 rings (SSSR count). The first-order valence-electron chi connectivity index (χ1n) is 5.11. The van der Waals surface area contributed by atoms with Crippen LogP contribution in [0.5, 0.6) is 0 Å². The summed E-state index contributed by atoms with van der Waals surface area (Å²) in [5.41, 5.74) is 3.87. The maximum Gasteiger partial charge on any atom is 0.0264 e. The average Bonchev–Trinajstić information content (AvgIpc) is 2.31. The van der Waals surface area contributed by atoms with Crippen LogP contribution in [0.15, 0.2) is 54.6 Å². The van der Waals surface area contributed by atoms with Crippen molar-refractivity contribution < 1.29 is 0 Å². The second-order valence-electron chi connectivity index (χ2n) is 3.46. The molecule has 0 aromatic heterocycles. The van der Waals surface area contributed by atoms with Gasteiger partial charge in [-0.3, -0.25) is 0 Å². The van der Waals surface area contributed by atoms with E-state index in [4.69, 9.17) is 11.6 Å². The summed E-state index contributed by atoms with van der Waals surface area (Å²) in [7, 11) is 0. The monoisotopic (exact) mass is 216 g/mol. The Kier molecular flexibility index (Phi) is 3.41. The zero-order valence-corrected chi connectivity index (χ0v) is 9.24. The second kappa shape index (κ2) is 4.99. The zero-order chi connectivity index (χ0) is 10.5. The van der Waals surface area contributed by atoms with Gasteiger partial charge >= 0.3 is 0 Å². The average molecular weight is 217 g/mol. The van der Waals surface area contributed by atoms with Crippen LogP contribution in [0.3, 0.4) is 0 Å². The quantitative estimate of drug-likeness (QED) is 0.677. The van der Waals surface area contributed by atoms with Gasteiger partial charge in [0.05, 0.1) is 0 Å². The highest BCUT2D eigenvalue weighted by molar-refractivity contribution is 6.18. The summed E-state index contributed by atoms with van der Waals surface area (Å²) in [5.74, 6) is 0.670. The number of rotatable bonds is 3. The Morgan fingerprint density at radius 3 is 2.20 bits per heavy atom. The van der Waals surface area contributed by atoms with Crippen molar-refractivity contribution in [2.75, 3.05) is 5.88 Å². The van der Waals surface area contributed by atoms with Gasteiger partial charge in [-0.2, -0.15) is 0 Å². The van der Waals surface area contributed by atoms with Gasteiger partial charge in [-0.05, 0) is 23.1 Å². The van der Waals surface area contributed by atoms with Gasteiger partial charge in [0.1, 0.15) is 0 Å². The largest absolute Gasteiger partial charge is 0.126 e. The van der Waals surface area contributed by atoms with E-state index in [9.17, 15) is 0 Å². The van der Waals surface area contributed by atoms with Crippen molar-refractivity contribution in [3.63, 3.8) is 0 Å². The molecule has 0 aliphatic carbocycles. The molecule has 0 bridgehead atoms. The van der Waals surface area contributed by atoms with Crippen LogP contribution in [0.4, 0.5) is 0 Å². The first kappa shape index (κ1) is 10.3. The Morgan fingerprint density at radius 1 is 0.800 bits per heavy atom. The Bertz CT molecular complexity index is 420. The number of aryl methyl sites for hydroxylation is 1. The van der Waals surface area contributed by atoms with Crippen molar-refractivity contribution in [2.45, 2.75) is 6.42 Å². The molecule has 0 aliphatic rings. The first-order valence-corrected chi connectivity index (χ1v) is 5.64. The molecule has 76 valence electrons. The highest BCUT2D eigenvalue weighted by Crippen LogP contribution is 2.23. The van der Waals surface area contributed by atoms with Crippen LogP contribution in [0, 0.1) is 0 Å². The fraction of sp³-hybridized carbons (Fsp3) is 0.143. The molecule has 0 amide bonds. The van der Waals surface area contributed by atoms with E-state index in [1.54, 1.807) is 0 Å². The molecule has 0 fully saturated rings. The van der Waals surface area contributed by atoms with E-state index in [1.165, 1.54) is 16.7 Å². The Balaban J connectivity index is 2.43. The lowest BCUT2D eigenvalue weighted by atomic mass is 9.98. The lowest BCUT2D eigenvalue weighted by molar-refractivity contribution is 1.15. The lowest BCUT2D eigenvalue weighted by Crippen LogP contribution is -1.90. The number of benzene rings is 2. The van der Waals surface area contributed by atoms with Gasteiger partial charge in [-0.25, -0.2) is 0 Å². The Morgan fingerprint density at radius 2 is 1.47 bits per heavy atom. The van der Waals surface area contributed by atoms with E-state index in [1.807, 2.05) is 6.07 Å². The van der Waals surface area contributed by atoms with Crippen molar-refractivity contribution in [2.24, 2.45) is 0 Å². The van der Waals surface area contributed by atoms with E-state index < -0.39 is 0 Å². The van der Waals surface area contributed by atoms with Crippen molar-refractivity contribution >= 4 is 11.6 Å². The number of hydrogen-bond donors (Lipinski definition) is 0. The van der Waals surface area contributed by atoms with Crippen LogP contribution in [0.25, 0.3) is 11.1 Å². The van der Waals surface area contributed by atoms with Crippen LogP contribution < -0.4 is 0 Å². The van der Waals surface area contributed by atoms with E-state index in [-0.39, 0.29) is 0 Å². The fourth-order valence-corrected chi connectivity index (χ4v) is 1.94. The molecule has 0 N–H and O–H groups in total. The van der Waals surface area contributed by atoms with Gasteiger partial charge in [0.2, 0.25) is 0 Å². The maximum atomic E-state index is 5.80. The molecule has 0 heterocycles. The summed E-state index contributed by atoms with van der Waals surface area (Å²) < 4.78 is 0. The minimum Gasteiger partial charge on any atom is -0.126 e. The topological polar surface area (TPSA) is 0 Å². The van der Waals surface area contributed by atoms with Gasteiger partial charge in [0.25, 0.3) is 0 Å². The molecule has 0 saturated heterocycles. The van der Waals surface area contributed by atoms with Gasteiger partial charge < -0.3 is 0 Å². The zero-order valence-electron chi connectivity index (χ0n) is 8.49. The van der Waals surface area contributed by atoms with Crippen molar-refractivity contribution in [3.8, 4) is 11.1 Å². The number of hydrogen-bond acceptors (Lipinski definition) is 0. The predicted molar refractivity (Wildman–Crippen MR) is 66.3 cm³/mol. The summed E-state index contributed by atoms with van der Waals surface area (Å²) in [6.45, 7) is 0. The van der Waals surface area contributed by atoms with Crippen LogP contribution in [0.1, 0.15) is 5.56 Å². The Hall–Kier alpha value is -1.27. The highest BCUT2D eigenvalue weighted by Gasteiger charge is 2.02. The molecule has 0 radical (unpaired) electrons. The van der Waals surface area contributed by atoms with Gasteiger partial charge in [0, 0.05) is 5.88 Å². The predicted octanol–water partition coefficient (Wildman–Crippen LogP) is 4.13. The molecule has 2 aromatic carbocycles. The molecular formula is C14H13Cl. The third-order valence-electron chi connectivity index (χ3n) is 2.47. The van der Waals surface area contributed by atoms with Crippen molar-refractivity contribution in [1.82, 2.24) is 0 Å². The van der Waals surface area contributed by atoms with Gasteiger partial charge in [0.15, 0.2) is 0 Å². The molecule has 0 aliphatic heterocycles. The third kappa shape index (κ3) is 2.40. The van der Waals surface area contributed by atoms with Crippen LogP contribution in [0.2, 0.25) is 0 Å². The van der Waals surface area contributed by atoms with Crippen LogP contribution >= 0.6 is 11.6 Å². The minimum absolute atomic E-state index is 0.670. The van der Waals surface area contributed by atoms with E-state index in [2.05, 4.69) is 48.5 Å². The fourth-order valence-electron chi connectivity index (χ4n) is 1.74. The number of alkyl halides is 1. The smallest absolute Gasteiger partial charge is 0.0264 e. The molecule has 2 aromatic rings. The van der Waals surface area contributed by atoms with Gasteiger partial charge in [-0.15, -0.1) is 11.6 Å². The standard InChI is InChI=1S/C14H13Cl/c15-11-10-13-8-4-5-9-14(13)12-6-2-1-3-7-12/h1-9H,10-11H2. The van der Waals surface area contributed by atoms with Crippen molar-refractivity contribution in [1.29, 1.82) is 0 Å². The van der Waals surface area contributed by atoms with Crippen LogP contribution in [-0.2, 0) is 6.42 Å². The molecular weight excluding hydrogens is 204 g/mol. The highest BCUT2D eigenvalue weighted by atomic mass is 35.5. The summed E-state index contributed by atoms with van der Waals surface area (Å²) >= 11 is 5.80. The summed E-state index contributed by atoms with van der Waals surface area (Å²) in [6.07, 6.45) is 0.923. The molecule has 15 heavy (non-hydrogen) atoms. The lowest BCUT2D eigenvalue weighted by Gasteiger charge is -2.07. The van der Waals surface area contributed by atoms with Gasteiger partial charge in [-0.1, -0.05) is 54.6 Å². The maximum absolute atomic E-state index is 5.80. The summed E-state index contributed by atoms with van der Waals surface area (Å²) in [5, 5.41) is 0. The summed E-state index contributed by atoms with van der Waals surface area (Å²) in [4.78, 5) is 0. The molecule has 0 spiro atoms. The molecule has 0 unspecified atom stereocenters. The first-order chi connectivity index (χ1) is 7.42. The Labute approximate surface area is 95.5 Å². The molecule has 1 heteroatoms. The summed E-state index contributed by atoms with van der Waals surface area (Å²) in [6, 6.07) is 18.9. The van der Waals surface area contributed by atoms with Crippen LogP contribution in [-0.4, -0.2) is 5.88 Å². The van der Waals surface area contributed by atoms with E-state index in [0.29, 0.717) is 5.88 Å². The normalized spacial score (nSPS) is 10.2. The third-order valence-corrected chi connectivity index (χ3v) is 2.65. The van der Waals surface area contributed by atoms with Crippen molar-refractivity contribution in [3.05, 3.63) is 60.2 Å². The molecule has 0 saturated carbocycles. The van der Waals surface area contributed by atoms with E-state index >= 15 is 0 Å². The number of halogens is 1. The molecule has 0 nitrogen and oxygen atoms in total. The van der Waals surface area contributed by atoms with E-state index in [0.717, 1.165) is 6.42 Å².